The molecular formula is C12H15BrClNO2. The smallest absolute Gasteiger partial charge is 0.254 e. The van der Waals surface area contributed by atoms with E-state index in [0.29, 0.717) is 28.0 Å². The van der Waals surface area contributed by atoms with Crippen LogP contribution in [0.1, 0.15) is 23.7 Å². The third-order valence-electron chi connectivity index (χ3n) is 2.39. The Balaban J connectivity index is 2.75. The van der Waals surface area contributed by atoms with Gasteiger partial charge in [0.25, 0.3) is 5.91 Å². The quantitative estimate of drug-likeness (QED) is 0.926. The molecule has 0 aliphatic heterocycles. The number of aliphatic hydroxyl groups is 1. The first-order chi connectivity index (χ1) is 7.91. The minimum atomic E-state index is -0.404. The maximum Gasteiger partial charge on any atom is 0.254 e. The van der Waals surface area contributed by atoms with Crippen molar-refractivity contribution in [2.75, 3.05) is 13.6 Å². The summed E-state index contributed by atoms with van der Waals surface area (Å²) in [5, 5.41) is 9.76. The molecule has 0 saturated carbocycles. The molecule has 5 heteroatoms. The topological polar surface area (TPSA) is 40.5 Å². The highest BCUT2D eigenvalue weighted by molar-refractivity contribution is 9.10. The van der Waals surface area contributed by atoms with Crippen molar-refractivity contribution in [2.45, 2.75) is 19.4 Å². The third-order valence-corrected chi connectivity index (χ3v) is 3.28. The highest BCUT2D eigenvalue weighted by Crippen LogP contribution is 2.22. The maximum atomic E-state index is 12.1. The van der Waals surface area contributed by atoms with Crippen molar-refractivity contribution in [3.63, 3.8) is 0 Å². The van der Waals surface area contributed by atoms with Crippen LogP contribution >= 0.6 is 27.5 Å². The van der Waals surface area contributed by atoms with E-state index in [1.54, 1.807) is 37.1 Å². The number of hydrogen-bond acceptors (Lipinski definition) is 2. The van der Waals surface area contributed by atoms with Gasteiger partial charge in [-0.05, 0) is 47.5 Å². The molecule has 0 saturated heterocycles. The lowest BCUT2D eigenvalue weighted by Gasteiger charge is -2.18. The number of aliphatic hydroxyl groups excluding tert-OH is 1. The molecule has 1 N–H and O–H groups in total. The minimum Gasteiger partial charge on any atom is -0.393 e. The fourth-order valence-corrected chi connectivity index (χ4v) is 2.20. The molecule has 0 spiro atoms. The fourth-order valence-electron chi connectivity index (χ4n) is 1.35. The number of rotatable bonds is 4. The normalized spacial score (nSPS) is 12.3. The Kier molecular flexibility index (Phi) is 5.43. The van der Waals surface area contributed by atoms with Gasteiger partial charge in [-0.3, -0.25) is 4.79 Å². The summed E-state index contributed by atoms with van der Waals surface area (Å²) in [7, 11) is 1.71. The summed E-state index contributed by atoms with van der Waals surface area (Å²) in [6.07, 6.45) is 0.159. The number of halogens is 2. The van der Waals surface area contributed by atoms with Crippen LogP contribution in [0.15, 0.2) is 22.7 Å². The number of carbonyl (C=O) groups is 1. The number of hydrogen-bond donors (Lipinski definition) is 1. The molecule has 1 unspecified atom stereocenters. The first-order valence-electron chi connectivity index (χ1n) is 5.30. The van der Waals surface area contributed by atoms with Crippen LogP contribution in [0.5, 0.6) is 0 Å². The Morgan fingerprint density at radius 3 is 2.76 bits per heavy atom. The summed E-state index contributed by atoms with van der Waals surface area (Å²) in [6, 6.07) is 5.06. The van der Waals surface area contributed by atoms with Crippen LogP contribution in [-0.2, 0) is 0 Å². The SMILES string of the molecule is CC(O)CCN(C)C(=O)c1ccc(Cl)cc1Br. The van der Waals surface area contributed by atoms with Gasteiger partial charge in [0.15, 0.2) is 0 Å². The average molecular weight is 321 g/mol. The zero-order valence-electron chi connectivity index (χ0n) is 9.78. The number of nitrogens with zero attached hydrogens (tertiary/aromatic N) is 1. The Labute approximate surface area is 115 Å². The molecule has 1 rings (SSSR count). The Morgan fingerprint density at radius 1 is 1.59 bits per heavy atom. The molecule has 3 nitrogen and oxygen atoms in total. The van der Waals surface area contributed by atoms with Gasteiger partial charge in [-0.15, -0.1) is 0 Å². The summed E-state index contributed by atoms with van der Waals surface area (Å²) >= 11 is 9.13. The van der Waals surface area contributed by atoms with Crippen LogP contribution in [0.2, 0.25) is 5.02 Å². The van der Waals surface area contributed by atoms with E-state index in [2.05, 4.69) is 15.9 Å². The predicted octanol–water partition coefficient (Wildman–Crippen LogP) is 2.95. The zero-order chi connectivity index (χ0) is 13.0. The molecule has 0 heterocycles. The molecule has 1 aromatic rings. The van der Waals surface area contributed by atoms with E-state index in [1.807, 2.05) is 0 Å². The first-order valence-corrected chi connectivity index (χ1v) is 6.47. The molecule has 1 atom stereocenters. The Morgan fingerprint density at radius 2 is 2.24 bits per heavy atom. The molecule has 0 radical (unpaired) electrons. The van der Waals surface area contributed by atoms with Crippen molar-refractivity contribution >= 4 is 33.4 Å². The Bertz CT molecular complexity index is 409. The lowest BCUT2D eigenvalue weighted by Crippen LogP contribution is -2.29. The van der Waals surface area contributed by atoms with Crippen LogP contribution in [-0.4, -0.2) is 35.6 Å². The molecule has 0 aliphatic rings. The second-order valence-corrected chi connectivity index (χ2v) is 5.28. The molecule has 0 bridgehead atoms. The van der Waals surface area contributed by atoms with E-state index in [0.717, 1.165) is 0 Å². The largest absolute Gasteiger partial charge is 0.393 e. The van der Waals surface area contributed by atoms with Crippen LogP contribution in [0.3, 0.4) is 0 Å². The number of carbonyl (C=O) groups excluding carboxylic acids is 1. The molecule has 17 heavy (non-hydrogen) atoms. The molecule has 94 valence electrons. The standard InChI is InChI=1S/C12H15BrClNO2/c1-8(16)5-6-15(2)12(17)10-4-3-9(14)7-11(10)13/h3-4,7-8,16H,5-6H2,1-2H3. The van der Waals surface area contributed by atoms with E-state index >= 15 is 0 Å². The number of amides is 1. The highest BCUT2D eigenvalue weighted by Gasteiger charge is 2.15. The van der Waals surface area contributed by atoms with Crippen molar-refractivity contribution < 1.29 is 9.90 Å². The lowest BCUT2D eigenvalue weighted by atomic mass is 10.2. The molecular weight excluding hydrogens is 305 g/mol. The number of benzene rings is 1. The van der Waals surface area contributed by atoms with Gasteiger partial charge in [-0.1, -0.05) is 11.6 Å². The van der Waals surface area contributed by atoms with Gasteiger partial charge in [-0.25, -0.2) is 0 Å². The van der Waals surface area contributed by atoms with E-state index in [1.165, 1.54) is 0 Å². The summed E-state index contributed by atoms with van der Waals surface area (Å²) < 4.78 is 0.680. The second kappa shape index (κ2) is 6.38. The van der Waals surface area contributed by atoms with Crippen molar-refractivity contribution in [3.05, 3.63) is 33.3 Å². The van der Waals surface area contributed by atoms with E-state index < -0.39 is 6.10 Å². The zero-order valence-corrected chi connectivity index (χ0v) is 12.1. The van der Waals surface area contributed by atoms with Crippen LogP contribution < -0.4 is 0 Å². The van der Waals surface area contributed by atoms with Gasteiger partial charge in [0.1, 0.15) is 0 Å². The summed E-state index contributed by atoms with van der Waals surface area (Å²) in [5.74, 6) is -0.0887. The third kappa shape index (κ3) is 4.30. The predicted molar refractivity (Wildman–Crippen MR) is 72.4 cm³/mol. The van der Waals surface area contributed by atoms with Gasteiger partial charge in [-0.2, -0.15) is 0 Å². The maximum absolute atomic E-state index is 12.1. The first kappa shape index (κ1) is 14.5. The second-order valence-electron chi connectivity index (χ2n) is 3.99. The van der Waals surface area contributed by atoms with Gasteiger partial charge in [0.2, 0.25) is 0 Å². The van der Waals surface area contributed by atoms with Crippen molar-refractivity contribution in [1.82, 2.24) is 4.90 Å². The summed E-state index contributed by atoms with van der Waals surface area (Å²) in [5.41, 5.74) is 0.572. The van der Waals surface area contributed by atoms with Gasteiger partial charge in [0, 0.05) is 23.1 Å². The average Bonchev–Trinajstić information content (AvgIpc) is 2.25. The molecule has 1 amide bonds. The Hall–Kier alpha value is -0.580. The van der Waals surface area contributed by atoms with E-state index in [4.69, 9.17) is 11.6 Å². The monoisotopic (exact) mass is 319 g/mol. The summed E-state index contributed by atoms with van der Waals surface area (Å²) in [4.78, 5) is 13.6. The molecule has 0 fully saturated rings. The van der Waals surface area contributed by atoms with Crippen molar-refractivity contribution in [1.29, 1.82) is 0 Å². The van der Waals surface area contributed by atoms with Crippen LogP contribution in [0.25, 0.3) is 0 Å². The summed E-state index contributed by atoms with van der Waals surface area (Å²) in [6.45, 7) is 2.22. The van der Waals surface area contributed by atoms with Crippen LogP contribution in [0.4, 0.5) is 0 Å². The molecule has 0 aliphatic carbocycles. The fraction of sp³-hybridized carbons (Fsp3) is 0.417. The van der Waals surface area contributed by atoms with E-state index in [-0.39, 0.29) is 5.91 Å². The van der Waals surface area contributed by atoms with Gasteiger partial charge >= 0.3 is 0 Å². The van der Waals surface area contributed by atoms with Gasteiger partial charge in [0.05, 0.1) is 11.7 Å². The van der Waals surface area contributed by atoms with Gasteiger partial charge < -0.3 is 10.0 Å². The molecule has 1 aromatic carbocycles. The van der Waals surface area contributed by atoms with Crippen molar-refractivity contribution in [2.24, 2.45) is 0 Å². The molecule has 0 aromatic heterocycles. The minimum absolute atomic E-state index is 0.0887. The van der Waals surface area contributed by atoms with E-state index in [9.17, 15) is 9.90 Å². The van der Waals surface area contributed by atoms with Crippen molar-refractivity contribution in [3.8, 4) is 0 Å². The highest BCUT2D eigenvalue weighted by atomic mass is 79.9. The van der Waals surface area contributed by atoms with Crippen LogP contribution in [0, 0.1) is 0 Å². The lowest BCUT2D eigenvalue weighted by molar-refractivity contribution is 0.0768.